The van der Waals surface area contributed by atoms with Crippen molar-refractivity contribution in [3.8, 4) is 11.5 Å². The van der Waals surface area contributed by atoms with Crippen molar-refractivity contribution in [3.63, 3.8) is 0 Å². The highest BCUT2D eigenvalue weighted by Crippen LogP contribution is 2.18. The predicted octanol–water partition coefficient (Wildman–Crippen LogP) is 2.93. The van der Waals surface area contributed by atoms with Crippen molar-refractivity contribution in [2.45, 2.75) is 13.2 Å². The van der Waals surface area contributed by atoms with Gasteiger partial charge in [-0.15, -0.1) is 0 Å². The zero-order chi connectivity index (χ0) is 18.4. The van der Waals surface area contributed by atoms with Crippen LogP contribution in [0.2, 0.25) is 0 Å². The van der Waals surface area contributed by atoms with E-state index in [0.29, 0.717) is 18.2 Å². The molecule has 3 aromatic rings. The predicted molar refractivity (Wildman–Crippen MR) is 93.9 cm³/mol. The first-order chi connectivity index (χ1) is 12.7. The van der Waals surface area contributed by atoms with Gasteiger partial charge in [0.25, 0.3) is 5.91 Å². The Morgan fingerprint density at radius 3 is 2.65 bits per heavy atom. The van der Waals surface area contributed by atoms with Gasteiger partial charge in [-0.1, -0.05) is 6.07 Å². The van der Waals surface area contributed by atoms with Crippen molar-refractivity contribution in [3.05, 3.63) is 72.2 Å². The van der Waals surface area contributed by atoms with Crippen LogP contribution in [0, 0.1) is 0 Å². The summed E-state index contributed by atoms with van der Waals surface area (Å²) in [5, 5.41) is 0. The molecule has 0 fully saturated rings. The summed E-state index contributed by atoms with van der Waals surface area (Å²) in [6.07, 6.45) is 4.76. The molecule has 1 aromatic carbocycles. The van der Waals surface area contributed by atoms with E-state index in [2.05, 4.69) is 9.97 Å². The highest BCUT2D eigenvalue weighted by molar-refractivity contribution is 5.91. The second kappa shape index (κ2) is 8.15. The Bertz CT molecular complexity index is 847. The van der Waals surface area contributed by atoms with Gasteiger partial charge in [-0.3, -0.25) is 9.78 Å². The van der Waals surface area contributed by atoms with Gasteiger partial charge in [0, 0.05) is 26.0 Å². The van der Waals surface area contributed by atoms with Crippen molar-refractivity contribution < 1.29 is 18.7 Å². The summed E-state index contributed by atoms with van der Waals surface area (Å²) >= 11 is 0. The number of ether oxygens (including phenoxy) is 2. The van der Waals surface area contributed by atoms with Crippen LogP contribution in [-0.4, -0.2) is 34.9 Å². The molecular formula is C19H19N3O4. The number of amides is 1. The van der Waals surface area contributed by atoms with Gasteiger partial charge >= 0.3 is 0 Å². The van der Waals surface area contributed by atoms with E-state index in [-0.39, 0.29) is 18.2 Å². The minimum absolute atomic E-state index is 0.131. The summed E-state index contributed by atoms with van der Waals surface area (Å²) in [6.45, 7) is 0.573. The molecule has 7 nitrogen and oxygen atoms in total. The number of benzene rings is 1. The van der Waals surface area contributed by atoms with Gasteiger partial charge in [0.1, 0.15) is 17.8 Å². The number of nitrogens with zero attached hydrogens (tertiary/aromatic N) is 3. The highest BCUT2D eigenvalue weighted by Gasteiger charge is 2.17. The molecule has 1 amide bonds. The maximum absolute atomic E-state index is 12.4. The topological polar surface area (TPSA) is 77.7 Å². The summed E-state index contributed by atoms with van der Waals surface area (Å²) in [7, 11) is 3.31. The number of aromatic nitrogens is 2. The average Bonchev–Trinajstić information content (AvgIpc) is 3.16. The second-order valence-corrected chi connectivity index (χ2v) is 5.61. The van der Waals surface area contributed by atoms with Crippen LogP contribution in [0.1, 0.15) is 21.9 Å². The molecule has 26 heavy (non-hydrogen) atoms. The number of hydrogen-bond donors (Lipinski definition) is 0. The third-order valence-corrected chi connectivity index (χ3v) is 3.68. The van der Waals surface area contributed by atoms with Crippen LogP contribution in [0.15, 0.2) is 59.5 Å². The van der Waals surface area contributed by atoms with Crippen LogP contribution in [-0.2, 0) is 13.2 Å². The number of carbonyl (C=O) groups excluding carboxylic acids is 1. The van der Waals surface area contributed by atoms with Gasteiger partial charge in [-0.05, 0) is 35.9 Å². The Morgan fingerprint density at radius 2 is 1.96 bits per heavy atom. The molecule has 0 saturated carbocycles. The number of pyridine rings is 1. The van der Waals surface area contributed by atoms with Gasteiger partial charge in [0.2, 0.25) is 5.89 Å². The Kier molecular flexibility index (Phi) is 5.48. The number of rotatable bonds is 7. The molecule has 0 N–H and O–H groups in total. The normalized spacial score (nSPS) is 10.4. The SMILES string of the molecule is COc1ccc(OCc2nc(C(=O)N(C)Cc3cccnc3)co2)cc1. The van der Waals surface area contributed by atoms with Crippen LogP contribution in [0.25, 0.3) is 0 Å². The smallest absolute Gasteiger partial charge is 0.275 e. The van der Waals surface area contributed by atoms with E-state index in [1.165, 1.54) is 6.26 Å². The summed E-state index contributed by atoms with van der Waals surface area (Å²) < 4.78 is 16.0. The van der Waals surface area contributed by atoms with Crippen LogP contribution in [0.3, 0.4) is 0 Å². The molecule has 0 aliphatic heterocycles. The molecule has 0 atom stereocenters. The fraction of sp³-hybridized carbons (Fsp3) is 0.211. The quantitative estimate of drug-likeness (QED) is 0.650. The molecule has 0 saturated heterocycles. The van der Waals surface area contributed by atoms with Gasteiger partial charge in [0.05, 0.1) is 7.11 Å². The molecule has 0 bridgehead atoms. The van der Waals surface area contributed by atoms with Crippen molar-refractivity contribution in [2.75, 3.05) is 14.2 Å². The third kappa shape index (κ3) is 4.38. The fourth-order valence-corrected chi connectivity index (χ4v) is 2.33. The van der Waals surface area contributed by atoms with E-state index in [9.17, 15) is 4.79 Å². The van der Waals surface area contributed by atoms with E-state index in [0.717, 1.165) is 11.3 Å². The first kappa shape index (κ1) is 17.5. The lowest BCUT2D eigenvalue weighted by Gasteiger charge is -2.15. The van der Waals surface area contributed by atoms with Crippen LogP contribution in [0.5, 0.6) is 11.5 Å². The van der Waals surface area contributed by atoms with Crippen molar-refractivity contribution >= 4 is 5.91 Å². The Labute approximate surface area is 151 Å². The average molecular weight is 353 g/mol. The zero-order valence-electron chi connectivity index (χ0n) is 14.6. The minimum atomic E-state index is -0.228. The first-order valence-corrected chi connectivity index (χ1v) is 8.01. The summed E-state index contributed by atoms with van der Waals surface area (Å²) in [4.78, 5) is 22.2. The minimum Gasteiger partial charge on any atom is -0.497 e. The number of methoxy groups -OCH3 is 1. The molecule has 134 valence electrons. The molecule has 2 heterocycles. The van der Waals surface area contributed by atoms with E-state index in [4.69, 9.17) is 13.9 Å². The Hall–Kier alpha value is -3.35. The maximum atomic E-state index is 12.4. The van der Waals surface area contributed by atoms with Crippen LogP contribution < -0.4 is 9.47 Å². The molecule has 2 aromatic heterocycles. The zero-order valence-corrected chi connectivity index (χ0v) is 14.6. The molecule has 0 spiro atoms. The van der Waals surface area contributed by atoms with Crippen molar-refractivity contribution in [1.29, 1.82) is 0 Å². The molecule has 0 aliphatic rings. The lowest BCUT2D eigenvalue weighted by atomic mass is 10.2. The van der Waals surface area contributed by atoms with Crippen molar-refractivity contribution in [1.82, 2.24) is 14.9 Å². The largest absolute Gasteiger partial charge is 0.497 e. The number of oxazole rings is 1. The molecule has 3 rings (SSSR count). The van der Waals surface area contributed by atoms with Gasteiger partial charge in [-0.2, -0.15) is 0 Å². The number of carbonyl (C=O) groups is 1. The van der Waals surface area contributed by atoms with Crippen LogP contribution in [0.4, 0.5) is 0 Å². The van der Waals surface area contributed by atoms with Gasteiger partial charge < -0.3 is 18.8 Å². The fourth-order valence-electron chi connectivity index (χ4n) is 2.33. The summed E-state index contributed by atoms with van der Waals surface area (Å²) in [5.41, 5.74) is 1.18. The van der Waals surface area contributed by atoms with Crippen LogP contribution >= 0.6 is 0 Å². The molecular weight excluding hydrogens is 334 g/mol. The van der Waals surface area contributed by atoms with E-state index in [1.807, 2.05) is 12.1 Å². The highest BCUT2D eigenvalue weighted by atomic mass is 16.5. The molecule has 0 radical (unpaired) electrons. The molecule has 7 heteroatoms. The molecule has 0 unspecified atom stereocenters. The van der Waals surface area contributed by atoms with Crippen molar-refractivity contribution in [2.24, 2.45) is 0 Å². The lowest BCUT2D eigenvalue weighted by molar-refractivity contribution is 0.0779. The first-order valence-electron chi connectivity index (χ1n) is 8.01. The standard InChI is InChI=1S/C19H19N3O4/c1-22(11-14-4-3-9-20-10-14)19(23)17-12-26-18(21-17)13-25-16-7-5-15(24-2)6-8-16/h3-10,12H,11,13H2,1-2H3. The van der Waals surface area contributed by atoms with E-state index in [1.54, 1.807) is 55.7 Å². The number of hydrogen-bond acceptors (Lipinski definition) is 6. The summed E-state index contributed by atoms with van der Waals surface area (Å²) in [6, 6.07) is 10.9. The molecule has 0 aliphatic carbocycles. The van der Waals surface area contributed by atoms with Gasteiger partial charge in [-0.25, -0.2) is 4.98 Å². The second-order valence-electron chi connectivity index (χ2n) is 5.61. The lowest BCUT2D eigenvalue weighted by Crippen LogP contribution is -2.26. The third-order valence-electron chi connectivity index (χ3n) is 3.68. The Balaban J connectivity index is 1.57. The van der Waals surface area contributed by atoms with Gasteiger partial charge in [0.15, 0.2) is 12.3 Å². The van der Waals surface area contributed by atoms with E-state index >= 15 is 0 Å². The maximum Gasteiger partial charge on any atom is 0.275 e. The van der Waals surface area contributed by atoms with E-state index < -0.39 is 0 Å². The monoisotopic (exact) mass is 353 g/mol. The Morgan fingerprint density at radius 1 is 1.19 bits per heavy atom. The summed E-state index contributed by atoms with van der Waals surface area (Å²) in [5.74, 6) is 1.51.